The summed E-state index contributed by atoms with van der Waals surface area (Å²) in [6.45, 7) is 12.7. The highest BCUT2D eigenvalue weighted by molar-refractivity contribution is 9.10. The topological polar surface area (TPSA) is 59.0 Å². The highest BCUT2D eigenvalue weighted by Crippen LogP contribution is 2.46. The van der Waals surface area contributed by atoms with E-state index in [9.17, 15) is 9.00 Å². The van der Waals surface area contributed by atoms with E-state index in [4.69, 9.17) is 9.13 Å². The predicted molar refractivity (Wildman–Crippen MR) is 122 cm³/mol. The Balaban J connectivity index is 1.90. The van der Waals surface area contributed by atoms with Crippen LogP contribution in [0.15, 0.2) is 27.1 Å². The fourth-order valence-electron chi connectivity index (χ4n) is 3.88. The molecule has 0 bridgehead atoms. The van der Waals surface area contributed by atoms with Crippen molar-refractivity contribution in [1.82, 2.24) is 4.90 Å². The number of rotatable bonds is 1. The summed E-state index contributed by atoms with van der Waals surface area (Å²) in [6, 6.07) is 6.26. The van der Waals surface area contributed by atoms with Crippen molar-refractivity contribution in [3.05, 3.63) is 33.8 Å². The number of carbonyl (C=O) groups is 1. The Morgan fingerprint density at radius 3 is 2.34 bits per heavy atom. The lowest BCUT2D eigenvalue weighted by atomic mass is 9.74. The Bertz CT molecular complexity index is 860. The molecule has 3 rings (SSSR count). The summed E-state index contributed by atoms with van der Waals surface area (Å²) in [5, 5.41) is 0. The Labute approximate surface area is 185 Å². The molecule has 1 saturated heterocycles. The van der Waals surface area contributed by atoms with E-state index >= 15 is 0 Å². The summed E-state index contributed by atoms with van der Waals surface area (Å²) >= 11 is 3.57. The monoisotopic (exact) mass is 482 g/mol. The fraction of sp³-hybridized carbons (Fsp3) is 0.636. The zero-order valence-corrected chi connectivity index (χ0v) is 20.6. The van der Waals surface area contributed by atoms with Crippen LogP contribution in [0.25, 0.3) is 0 Å². The maximum Gasteiger partial charge on any atom is 0.410 e. The molecule has 1 aliphatic carbocycles. The Morgan fingerprint density at radius 1 is 1.17 bits per heavy atom. The number of piperidine rings is 1. The van der Waals surface area contributed by atoms with Crippen molar-refractivity contribution in [2.45, 2.75) is 71.2 Å². The number of carbonyl (C=O) groups excluding carboxylic acids is 1. The first-order chi connectivity index (χ1) is 13.3. The molecule has 2 aliphatic rings. The van der Waals surface area contributed by atoms with Crippen LogP contribution < -0.4 is 0 Å². The number of benzene rings is 1. The van der Waals surface area contributed by atoms with Gasteiger partial charge in [0.15, 0.2) is 0 Å². The Kier molecular flexibility index (Phi) is 6.05. The second kappa shape index (κ2) is 7.80. The molecule has 1 heterocycles. The fourth-order valence-corrected chi connectivity index (χ4v) is 4.97. The molecule has 1 aromatic carbocycles. The van der Waals surface area contributed by atoms with Gasteiger partial charge < -0.3 is 9.64 Å². The SMILES string of the molecule is CC(C)(C)OC(=O)N1CCC2(CC1)Cc1ccc(Br)cc1C2=N[S@](=O)C(C)(C)C. The molecular formula is C22H31BrN2O3S. The lowest BCUT2D eigenvalue weighted by Crippen LogP contribution is -2.47. The number of fused-ring (bicyclic) bond motifs is 1. The molecule has 1 spiro atoms. The molecule has 29 heavy (non-hydrogen) atoms. The summed E-state index contributed by atoms with van der Waals surface area (Å²) in [4.78, 5) is 14.3. The van der Waals surface area contributed by atoms with Gasteiger partial charge >= 0.3 is 6.09 Å². The zero-order valence-electron chi connectivity index (χ0n) is 18.2. The largest absolute Gasteiger partial charge is 0.444 e. The van der Waals surface area contributed by atoms with Crippen LogP contribution in [0.2, 0.25) is 0 Å². The number of hydrogen-bond donors (Lipinski definition) is 0. The zero-order chi connectivity index (χ0) is 21.6. The van der Waals surface area contributed by atoms with Crippen molar-refractivity contribution < 1.29 is 13.7 Å². The van der Waals surface area contributed by atoms with Gasteiger partial charge in [-0.1, -0.05) is 22.0 Å². The van der Waals surface area contributed by atoms with E-state index < -0.39 is 21.3 Å². The molecule has 0 saturated carbocycles. The van der Waals surface area contributed by atoms with E-state index in [1.165, 1.54) is 5.56 Å². The Hall–Kier alpha value is -1.21. The predicted octanol–water partition coefficient (Wildman–Crippen LogP) is 5.27. The molecule has 0 aromatic heterocycles. The van der Waals surface area contributed by atoms with Crippen LogP contribution in [0.3, 0.4) is 0 Å². The first kappa shape index (κ1) is 22.5. The Morgan fingerprint density at radius 2 is 1.79 bits per heavy atom. The molecule has 160 valence electrons. The average molecular weight is 483 g/mol. The molecular weight excluding hydrogens is 452 g/mol. The summed E-state index contributed by atoms with van der Waals surface area (Å²) < 4.78 is 23.8. The van der Waals surface area contributed by atoms with Crippen molar-refractivity contribution in [2.75, 3.05) is 13.1 Å². The van der Waals surface area contributed by atoms with Crippen LogP contribution in [0, 0.1) is 5.41 Å². The van der Waals surface area contributed by atoms with Gasteiger partial charge in [0.05, 0.1) is 10.5 Å². The molecule has 1 aromatic rings. The van der Waals surface area contributed by atoms with Crippen LogP contribution in [0.4, 0.5) is 4.79 Å². The molecule has 1 fully saturated rings. The molecule has 1 aliphatic heterocycles. The first-order valence-corrected chi connectivity index (χ1v) is 12.0. The number of likely N-dealkylation sites (tertiary alicyclic amines) is 1. The lowest BCUT2D eigenvalue weighted by Gasteiger charge is -2.40. The van der Waals surface area contributed by atoms with E-state index in [1.54, 1.807) is 4.90 Å². The van der Waals surface area contributed by atoms with Crippen molar-refractivity contribution in [2.24, 2.45) is 9.81 Å². The highest BCUT2D eigenvalue weighted by Gasteiger charge is 2.47. The van der Waals surface area contributed by atoms with E-state index in [0.29, 0.717) is 13.1 Å². The van der Waals surface area contributed by atoms with Gasteiger partial charge in [0.2, 0.25) is 0 Å². The minimum Gasteiger partial charge on any atom is -0.444 e. The van der Waals surface area contributed by atoms with Gasteiger partial charge in [0.25, 0.3) is 0 Å². The van der Waals surface area contributed by atoms with Crippen LogP contribution in [0.1, 0.15) is 65.5 Å². The maximum atomic E-state index is 12.9. The standard InChI is InChI=1S/C22H31BrN2O3S/c1-20(2,3)28-19(26)25-11-9-22(10-12-25)14-15-7-8-16(23)13-17(15)18(22)24-29(27)21(4,5)6/h7-8,13H,9-12,14H2,1-6H3/t29-/m1/s1. The quantitative estimate of drug-likeness (QED) is 0.547. The maximum absolute atomic E-state index is 12.9. The van der Waals surface area contributed by atoms with Gasteiger partial charge in [-0.3, -0.25) is 0 Å². The lowest BCUT2D eigenvalue weighted by molar-refractivity contribution is 0.0159. The van der Waals surface area contributed by atoms with Crippen LogP contribution in [-0.2, 0) is 22.1 Å². The minimum atomic E-state index is -1.33. The van der Waals surface area contributed by atoms with Crippen LogP contribution in [-0.4, -0.2) is 44.4 Å². The molecule has 1 amide bonds. The third kappa shape index (κ3) is 4.93. The molecule has 7 heteroatoms. The minimum absolute atomic E-state index is 0.178. The van der Waals surface area contributed by atoms with E-state index in [2.05, 4.69) is 28.1 Å². The van der Waals surface area contributed by atoms with Crippen molar-refractivity contribution in [3.63, 3.8) is 0 Å². The number of hydrogen-bond acceptors (Lipinski definition) is 3. The molecule has 1 atom stereocenters. The van der Waals surface area contributed by atoms with Gasteiger partial charge in [0.1, 0.15) is 16.6 Å². The van der Waals surface area contributed by atoms with Crippen molar-refractivity contribution in [3.8, 4) is 0 Å². The van der Waals surface area contributed by atoms with Crippen LogP contribution >= 0.6 is 15.9 Å². The van der Waals surface area contributed by atoms with Crippen LogP contribution in [0.5, 0.6) is 0 Å². The van der Waals surface area contributed by atoms with Gasteiger partial charge in [-0.25, -0.2) is 9.00 Å². The second-order valence-corrected chi connectivity index (χ2v) is 12.8. The highest BCUT2D eigenvalue weighted by atomic mass is 79.9. The van der Waals surface area contributed by atoms with Gasteiger partial charge in [0, 0.05) is 28.5 Å². The first-order valence-electron chi connectivity index (χ1n) is 10.1. The van der Waals surface area contributed by atoms with Gasteiger partial charge in [-0.15, -0.1) is 0 Å². The molecule has 0 N–H and O–H groups in total. The molecule has 5 nitrogen and oxygen atoms in total. The average Bonchev–Trinajstić information content (AvgIpc) is 2.86. The van der Waals surface area contributed by atoms with E-state index in [0.717, 1.165) is 35.0 Å². The summed E-state index contributed by atoms with van der Waals surface area (Å²) in [5.41, 5.74) is 2.58. The summed E-state index contributed by atoms with van der Waals surface area (Å²) in [5.74, 6) is 0. The van der Waals surface area contributed by atoms with E-state index in [-0.39, 0.29) is 11.5 Å². The molecule has 0 radical (unpaired) electrons. The van der Waals surface area contributed by atoms with E-state index in [1.807, 2.05) is 47.6 Å². The van der Waals surface area contributed by atoms with Gasteiger partial charge in [-0.05, 0) is 78.5 Å². The number of ether oxygens (including phenoxy) is 1. The third-order valence-electron chi connectivity index (χ3n) is 5.43. The van der Waals surface area contributed by atoms with Gasteiger partial charge in [-0.2, -0.15) is 4.40 Å². The third-order valence-corrected chi connectivity index (χ3v) is 7.32. The molecule has 0 unspecified atom stereocenters. The summed E-state index contributed by atoms with van der Waals surface area (Å²) in [6.07, 6.45) is 2.19. The van der Waals surface area contributed by atoms with Crippen molar-refractivity contribution in [1.29, 1.82) is 0 Å². The number of nitrogens with zero attached hydrogens (tertiary/aromatic N) is 2. The number of amides is 1. The van der Waals surface area contributed by atoms with Crippen molar-refractivity contribution >= 4 is 38.7 Å². The summed E-state index contributed by atoms with van der Waals surface area (Å²) in [7, 11) is -1.33. The normalized spacial score (nSPS) is 21.3. The number of halogens is 1. The second-order valence-electron chi connectivity index (χ2n) is 10.0. The smallest absolute Gasteiger partial charge is 0.410 e.